The lowest BCUT2D eigenvalue weighted by Crippen LogP contribution is -2.57. The highest BCUT2D eigenvalue weighted by Gasteiger charge is 2.64. The monoisotopic (exact) mass is 809 g/mol. The van der Waals surface area contributed by atoms with E-state index in [2.05, 4.69) is 5.32 Å². The molecular formula is C38H52ClN3O10S2. The number of epoxide rings is 1. The zero-order valence-corrected chi connectivity index (χ0v) is 34.5. The molecule has 1 aromatic rings. The van der Waals surface area contributed by atoms with Crippen molar-refractivity contribution in [2.75, 3.05) is 37.6 Å². The molecule has 0 aromatic heterocycles. The Bertz CT molecular complexity index is 1660. The summed E-state index contributed by atoms with van der Waals surface area (Å²) in [5.41, 5.74) is -0.570. The number of allylic oxidation sites excluding steroid dienone is 3. The summed E-state index contributed by atoms with van der Waals surface area (Å²) in [5, 5.41) is 14.2. The highest BCUT2D eigenvalue weighted by molar-refractivity contribution is 8.76. The topological polar surface area (TPSA) is 164 Å². The van der Waals surface area contributed by atoms with Gasteiger partial charge in [-0.05, 0) is 51.8 Å². The number of esters is 1. The first-order valence-electron chi connectivity index (χ1n) is 17.9. The summed E-state index contributed by atoms with van der Waals surface area (Å²) < 4.78 is 23.5. The lowest BCUT2D eigenvalue weighted by molar-refractivity contribution is -0.161. The first-order chi connectivity index (χ1) is 25.4. The van der Waals surface area contributed by atoms with E-state index in [1.807, 2.05) is 26.0 Å². The molecule has 298 valence electrons. The molecule has 4 rings (SSSR count). The van der Waals surface area contributed by atoms with Gasteiger partial charge in [-0.2, -0.15) is 0 Å². The number of hydrogen-bond donors (Lipinski definition) is 2. The maximum atomic E-state index is 14.1. The predicted molar refractivity (Wildman–Crippen MR) is 210 cm³/mol. The number of benzene rings is 1. The molecule has 0 spiro atoms. The van der Waals surface area contributed by atoms with Gasteiger partial charge < -0.3 is 33.9 Å². The van der Waals surface area contributed by atoms with Crippen LogP contribution in [0.25, 0.3) is 0 Å². The van der Waals surface area contributed by atoms with E-state index in [4.69, 9.17) is 30.5 Å². The van der Waals surface area contributed by atoms with Crippen molar-refractivity contribution in [1.82, 2.24) is 10.2 Å². The Balaban J connectivity index is 1.62. The number of halogens is 1. The summed E-state index contributed by atoms with van der Waals surface area (Å²) in [6, 6.07) is 2.62. The maximum absolute atomic E-state index is 14.1. The fourth-order valence-electron chi connectivity index (χ4n) is 6.56. The van der Waals surface area contributed by atoms with Gasteiger partial charge in [0, 0.05) is 57.2 Å². The van der Waals surface area contributed by atoms with Gasteiger partial charge in [-0.3, -0.25) is 19.7 Å². The number of nitrogens with zero attached hydrogens (tertiary/aromatic N) is 2. The summed E-state index contributed by atoms with van der Waals surface area (Å²) in [6.45, 7) is 8.58. The van der Waals surface area contributed by atoms with Gasteiger partial charge in [-0.25, -0.2) is 9.59 Å². The van der Waals surface area contributed by atoms with E-state index in [1.165, 1.54) is 52.5 Å². The van der Waals surface area contributed by atoms with Crippen molar-refractivity contribution in [3.05, 3.63) is 46.5 Å². The molecule has 2 N–H and O–H groups in total. The molecule has 13 nitrogen and oxygen atoms in total. The Morgan fingerprint density at radius 3 is 2.56 bits per heavy atom. The van der Waals surface area contributed by atoms with Crippen LogP contribution < -0.4 is 15.0 Å². The summed E-state index contributed by atoms with van der Waals surface area (Å²) in [7, 11) is 7.60. The van der Waals surface area contributed by atoms with Gasteiger partial charge in [0.05, 0.1) is 25.3 Å². The largest absolute Gasteiger partial charge is 0.495 e. The van der Waals surface area contributed by atoms with E-state index < -0.39 is 59.6 Å². The number of nitrogens with one attached hydrogen (secondary N) is 1. The summed E-state index contributed by atoms with van der Waals surface area (Å²) in [6.07, 6.45) is 3.23. The third kappa shape index (κ3) is 11.0. The van der Waals surface area contributed by atoms with Crippen LogP contribution in [0.15, 0.2) is 35.9 Å². The van der Waals surface area contributed by atoms with Crippen LogP contribution in [0.4, 0.5) is 10.5 Å². The van der Waals surface area contributed by atoms with Crippen LogP contribution in [0.3, 0.4) is 0 Å². The number of aliphatic hydroxyl groups is 1. The van der Waals surface area contributed by atoms with E-state index in [0.29, 0.717) is 35.8 Å². The highest BCUT2D eigenvalue weighted by atomic mass is 35.5. The predicted octanol–water partition coefficient (Wildman–Crippen LogP) is 5.64. The maximum Gasteiger partial charge on any atom is 0.409 e. The first kappa shape index (κ1) is 43.5. The highest BCUT2D eigenvalue weighted by Crippen LogP contribution is 2.49. The molecule has 0 aliphatic carbocycles. The van der Waals surface area contributed by atoms with E-state index in [1.54, 1.807) is 39.1 Å². The molecule has 54 heavy (non-hydrogen) atoms. The van der Waals surface area contributed by atoms with Gasteiger partial charge in [0.25, 0.3) is 0 Å². The van der Waals surface area contributed by atoms with Gasteiger partial charge in [0.2, 0.25) is 11.8 Å². The number of carbonyl (C=O) groups excluding carboxylic acids is 5. The number of ether oxygens (including phenoxy) is 4. The number of likely N-dealkylation sites (N-methyl/N-ethyl adjacent to an activating group) is 1. The van der Waals surface area contributed by atoms with Gasteiger partial charge >= 0.3 is 12.1 Å². The van der Waals surface area contributed by atoms with Crippen LogP contribution in [0.5, 0.6) is 5.75 Å². The minimum Gasteiger partial charge on any atom is -0.495 e. The molecule has 3 aliphatic rings. The smallest absolute Gasteiger partial charge is 0.409 e. The Morgan fingerprint density at radius 2 is 1.89 bits per heavy atom. The second kappa shape index (κ2) is 18.6. The minimum absolute atomic E-state index is 0.0661. The van der Waals surface area contributed by atoms with Crippen LogP contribution in [0.2, 0.25) is 5.02 Å². The number of anilines is 1. The Hall–Kier alpha value is -3.24. The summed E-state index contributed by atoms with van der Waals surface area (Å²) in [5.74, 6) is -0.248. The molecule has 2 fully saturated rings. The lowest BCUT2D eigenvalue weighted by atomic mass is 9.84. The van der Waals surface area contributed by atoms with Gasteiger partial charge in [0.1, 0.15) is 46.1 Å². The van der Waals surface area contributed by atoms with E-state index in [-0.39, 0.29) is 42.4 Å². The average molecular weight is 810 g/mol. The van der Waals surface area contributed by atoms with Gasteiger partial charge in [-0.15, -0.1) is 0 Å². The molecule has 4 bridgehead atoms. The average Bonchev–Trinajstić information content (AvgIpc) is 3.81. The van der Waals surface area contributed by atoms with Crippen molar-refractivity contribution in [3.63, 3.8) is 0 Å². The standard InChI is InChI=1S/C38H52ClN3O10S2/c1-22-11-9-10-14-38(48)21-29(50-36(47)40-38)24(3)34-37(5,52-34)30(20-32(45)42(7)27-18-26(17-22)19-28(49-8)33(27)39)51-35(46)25(4)41(6)31(44)13-16-54-53-15-12-23(2)43/h9-11,18-19,24-25,29-30,34,48H,12-17,20-21H2,1-8H3,(H,40,47)/b10-9+,22-11+/t24?,25?,29?,30-,34?,37?,38+/m1/s1. The Kier molecular flexibility index (Phi) is 15.0. The van der Waals surface area contributed by atoms with Crippen LogP contribution in [0.1, 0.15) is 72.3 Å². The fourth-order valence-corrected chi connectivity index (χ4v) is 8.94. The Morgan fingerprint density at radius 1 is 1.20 bits per heavy atom. The second-order valence-electron chi connectivity index (χ2n) is 14.4. The quantitative estimate of drug-likeness (QED) is 0.123. The lowest BCUT2D eigenvalue weighted by Gasteiger charge is -2.39. The number of hydrogen-bond acceptors (Lipinski definition) is 12. The van der Waals surface area contributed by atoms with Gasteiger partial charge in [-0.1, -0.05) is 63.9 Å². The number of amides is 3. The Labute approximate surface area is 330 Å². The van der Waals surface area contributed by atoms with Crippen LogP contribution in [0, 0.1) is 5.92 Å². The van der Waals surface area contributed by atoms with Crippen molar-refractivity contribution in [1.29, 1.82) is 0 Å². The molecule has 3 amide bonds. The molecular weight excluding hydrogens is 758 g/mol. The molecule has 1 aromatic carbocycles. The number of carbonyl (C=O) groups is 5. The van der Waals surface area contributed by atoms with Crippen molar-refractivity contribution < 1.29 is 48.0 Å². The second-order valence-corrected chi connectivity index (χ2v) is 17.5. The summed E-state index contributed by atoms with van der Waals surface area (Å²) >= 11 is 6.75. The van der Waals surface area contributed by atoms with Crippen molar-refractivity contribution >= 4 is 68.5 Å². The molecule has 3 aliphatic heterocycles. The van der Waals surface area contributed by atoms with Crippen LogP contribution in [-0.2, 0) is 39.8 Å². The van der Waals surface area contributed by atoms with Crippen molar-refractivity contribution in [2.45, 2.75) is 109 Å². The number of Topliss-reactive ketones (excluding diaryl/α,β-unsaturated/α-hetero) is 1. The van der Waals surface area contributed by atoms with Gasteiger partial charge in [0.15, 0.2) is 0 Å². The molecule has 0 radical (unpaired) electrons. The molecule has 7 atom stereocenters. The van der Waals surface area contributed by atoms with Crippen LogP contribution >= 0.6 is 33.2 Å². The summed E-state index contributed by atoms with van der Waals surface area (Å²) in [4.78, 5) is 67.5. The number of ketones is 1. The molecule has 2 saturated heterocycles. The molecule has 5 unspecified atom stereocenters. The number of fused-ring (bicyclic) bond motifs is 5. The number of alkyl carbamates (subject to hydrolysis) is 1. The zero-order valence-electron chi connectivity index (χ0n) is 32.1. The number of rotatable bonds is 11. The minimum atomic E-state index is -1.58. The SMILES string of the molecule is COc1cc2cc(c1Cl)N(C)C(=O)C[C@@H](OC(=O)C(C)N(C)C(=O)CCSSCCC(C)=O)C1(C)OC1C(C)C1C[C@@](O)(C/C=C/C=C(\C)C2)NC(=O)O1. The zero-order chi connectivity index (χ0) is 40.0. The first-order valence-corrected chi connectivity index (χ1v) is 20.8. The van der Waals surface area contributed by atoms with E-state index in [0.717, 1.165) is 11.1 Å². The number of methoxy groups -OCH3 is 1. The normalized spacial score (nSPS) is 29.4. The fraction of sp³-hybridized carbons (Fsp3) is 0.605. The molecule has 3 heterocycles. The van der Waals surface area contributed by atoms with E-state index >= 15 is 0 Å². The third-order valence-corrected chi connectivity index (χ3v) is 13.0. The van der Waals surface area contributed by atoms with Crippen molar-refractivity contribution in [2.24, 2.45) is 5.92 Å². The third-order valence-electron chi connectivity index (χ3n) is 10.2. The molecule has 0 saturated carbocycles. The van der Waals surface area contributed by atoms with Crippen LogP contribution in [-0.4, -0.2) is 108 Å². The molecule has 16 heteroatoms. The van der Waals surface area contributed by atoms with Crippen molar-refractivity contribution in [3.8, 4) is 5.75 Å². The van der Waals surface area contributed by atoms with E-state index in [9.17, 15) is 29.1 Å².